The van der Waals surface area contributed by atoms with E-state index in [9.17, 15) is 9.50 Å². The van der Waals surface area contributed by atoms with Crippen molar-refractivity contribution in [1.29, 1.82) is 0 Å². The number of rotatable bonds is 9. The maximum atomic E-state index is 14.1. The van der Waals surface area contributed by atoms with Gasteiger partial charge in [-0.3, -0.25) is 4.90 Å². The molecule has 0 aliphatic rings. The van der Waals surface area contributed by atoms with E-state index in [-0.39, 0.29) is 12.4 Å². The molecule has 2 aromatic carbocycles. The second kappa shape index (κ2) is 9.53. The Morgan fingerprint density at radius 3 is 2.61 bits per heavy atom. The van der Waals surface area contributed by atoms with Gasteiger partial charge in [0, 0.05) is 18.7 Å². The summed E-state index contributed by atoms with van der Waals surface area (Å²) in [6, 6.07) is 16.2. The molecule has 1 heterocycles. The van der Waals surface area contributed by atoms with E-state index >= 15 is 0 Å². The summed E-state index contributed by atoms with van der Waals surface area (Å²) in [6.07, 6.45) is 0.887. The predicted octanol–water partition coefficient (Wildman–Crippen LogP) is 4.48. The number of hydrogen-bond acceptors (Lipinski definition) is 4. The lowest BCUT2D eigenvalue weighted by Gasteiger charge is -2.25. The van der Waals surface area contributed by atoms with Crippen molar-refractivity contribution in [3.05, 3.63) is 89.1 Å². The Kier molecular flexibility index (Phi) is 6.85. The molecule has 28 heavy (non-hydrogen) atoms. The number of ether oxygens (including phenoxy) is 1. The van der Waals surface area contributed by atoms with Crippen LogP contribution in [0.5, 0.6) is 5.75 Å². The summed E-state index contributed by atoms with van der Waals surface area (Å²) in [4.78, 5) is 1.95. The van der Waals surface area contributed by atoms with Gasteiger partial charge in [-0.2, -0.15) is 0 Å². The molecule has 0 bridgehead atoms. The standard InChI is InChI=1S/C23H26FNO3/c1-17-7-5-11-23(18(17)2)28-16-20(26)14-25(15-21-9-6-12-27-21)13-19-8-3-4-10-22(19)24/h3-12,20,26H,13-16H2,1-2H3. The lowest BCUT2D eigenvalue weighted by molar-refractivity contribution is 0.0598. The summed E-state index contributed by atoms with van der Waals surface area (Å²) in [6.45, 7) is 5.36. The van der Waals surface area contributed by atoms with Crippen molar-refractivity contribution in [1.82, 2.24) is 4.90 Å². The van der Waals surface area contributed by atoms with E-state index in [2.05, 4.69) is 0 Å². The number of aliphatic hydroxyl groups excluding tert-OH is 1. The summed E-state index contributed by atoms with van der Waals surface area (Å²) in [5, 5.41) is 10.5. The first kappa shape index (κ1) is 20.1. The Hall–Kier alpha value is -2.63. The number of furan rings is 1. The van der Waals surface area contributed by atoms with Gasteiger partial charge in [-0.05, 0) is 49.2 Å². The number of hydrogen-bond donors (Lipinski definition) is 1. The quantitative estimate of drug-likeness (QED) is 0.592. The van der Waals surface area contributed by atoms with E-state index in [1.165, 1.54) is 6.07 Å². The molecular weight excluding hydrogens is 357 g/mol. The van der Waals surface area contributed by atoms with Gasteiger partial charge in [0.2, 0.25) is 0 Å². The van der Waals surface area contributed by atoms with Gasteiger partial charge in [-0.1, -0.05) is 30.3 Å². The number of halogens is 1. The third-order valence-electron chi connectivity index (χ3n) is 4.77. The molecule has 3 aromatic rings. The molecule has 0 radical (unpaired) electrons. The Morgan fingerprint density at radius 1 is 1.04 bits per heavy atom. The van der Waals surface area contributed by atoms with Crippen molar-refractivity contribution in [2.24, 2.45) is 0 Å². The number of benzene rings is 2. The molecule has 0 aliphatic carbocycles. The lowest BCUT2D eigenvalue weighted by atomic mass is 10.1. The SMILES string of the molecule is Cc1cccc(OCC(O)CN(Cc2ccco2)Cc2ccccc2F)c1C. The van der Waals surface area contributed by atoms with E-state index in [0.717, 1.165) is 22.6 Å². The average Bonchev–Trinajstić information content (AvgIpc) is 3.18. The van der Waals surface area contributed by atoms with Crippen LogP contribution >= 0.6 is 0 Å². The van der Waals surface area contributed by atoms with Crippen LogP contribution < -0.4 is 4.74 Å². The molecule has 0 saturated heterocycles. The molecule has 3 rings (SSSR count). The fraction of sp³-hybridized carbons (Fsp3) is 0.304. The van der Waals surface area contributed by atoms with Crippen molar-refractivity contribution in [2.45, 2.75) is 33.0 Å². The van der Waals surface area contributed by atoms with Crippen LogP contribution in [0.3, 0.4) is 0 Å². The summed E-state index contributed by atoms with van der Waals surface area (Å²) in [5.41, 5.74) is 2.79. The van der Waals surface area contributed by atoms with Crippen molar-refractivity contribution >= 4 is 0 Å². The van der Waals surface area contributed by atoms with E-state index in [1.807, 2.05) is 55.1 Å². The molecule has 0 fully saturated rings. The highest BCUT2D eigenvalue weighted by atomic mass is 19.1. The van der Waals surface area contributed by atoms with Crippen LogP contribution in [-0.2, 0) is 13.1 Å². The first-order chi connectivity index (χ1) is 13.5. The number of aliphatic hydroxyl groups is 1. The molecule has 0 spiro atoms. The zero-order chi connectivity index (χ0) is 19.9. The molecule has 148 valence electrons. The van der Waals surface area contributed by atoms with Gasteiger partial charge in [-0.15, -0.1) is 0 Å². The minimum atomic E-state index is -0.721. The molecule has 0 aliphatic heterocycles. The molecular formula is C23H26FNO3. The topological polar surface area (TPSA) is 45.8 Å². The molecule has 1 aromatic heterocycles. The summed E-state index contributed by atoms with van der Waals surface area (Å²) >= 11 is 0. The van der Waals surface area contributed by atoms with Crippen LogP contribution in [0.15, 0.2) is 65.3 Å². The van der Waals surface area contributed by atoms with Gasteiger partial charge in [-0.25, -0.2) is 4.39 Å². The van der Waals surface area contributed by atoms with Crippen molar-refractivity contribution in [3.8, 4) is 5.75 Å². The van der Waals surface area contributed by atoms with Crippen LogP contribution in [0.4, 0.5) is 4.39 Å². The molecule has 1 atom stereocenters. The maximum Gasteiger partial charge on any atom is 0.127 e. The predicted molar refractivity (Wildman–Crippen MR) is 107 cm³/mol. The van der Waals surface area contributed by atoms with Crippen molar-refractivity contribution in [2.75, 3.05) is 13.2 Å². The molecule has 1 N–H and O–H groups in total. The fourth-order valence-electron chi connectivity index (χ4n) is 3.09. The summed E-state index contributed by atoms with van der Waals surface area (Å²) in [5.74, 6) is 1.28. The van der Waals surface area contributed by atoms with Gasteiger partial charge < -0.3 is 14.3 Å². The Morgan fingerprint density at radius 2 is 1.86 bits per heavy atom. The minimum Gasteiger partial charge on any atom is -0.491 e. The zero-order valence-corrected chi connectivity index (χ0v) is 16.3. The monoisotopic (exact) mass is 383 g/mol. The van der Waals surface area contributed by atoms with Crippen LogP contribution in [-0.4, -0.2) is 29.3 Å². The number of aryl methyl sites for hydroxylation is 1. The van der Waals surface area contributed by atoms with Crippen LogP contribution in [0.2, 0.25) is 0 Å². The Labute approximate surface area is 165 Å². The van der Waals surface area contributed by atoms with Gasteiger partial charge in [0.1, 0.15) is 30.0 Å². The second-order valence-electron chi connectivity index (χ2n) is 7.00. The van der Waals surface area contributed by atoms with Gasteiger partial charge in [0.15, 0.2) is 0 Å². The van der Waals surface area contributed by atoms with E-state index in [1.54, 1.807) is 18.4 Å². The Balaban J connectivity index is 1.64. The molecule has 0 saturated carbocycles. The first-order valence-corrected chi connectivity index (χ1v) is 9.38. The summed E-state index contributed by atoms with van der Waals surface area (Å²) < 4.78 is 25.3. The van der Waals surface area contributed by atoms with Crippen molar-refractivity contribution < 1.29 is 18.7 Å². The van der Waals surface area contributed by atoms with Crippen molar-refractivity contribution in [3.63, 3.8) is 0 Å². The Bertz CT molecular complexity index is 879. The smallest absolute Gasteiger partial charge is 0.127 e. The molecule has 5 heteroatoms. The molecule has 4 nitrogen and oxygen atoms in total. The average molecular weight is 383 g/mol. The number of nitrogens with zero attached hydrogens (tertiary/aromatic N) is 1. The normalized spacial score (nSPS) is 12.3. The highest BCUT2D eigenvalue weighted by molar-refractivity contribution is 5.38. The van der Waals surface area contributed by atoms with Gasteiger partial charge in [0.25, 0.3) is 0 Å². The van der Waals surface area contributed by atoms with Gasteiger partial charge in [0.05, 0.1) is 12.8 Å². The highest BCUT2D eigenvalue weighted by Gasteiger charge is 2.17. The second-order valence-corrected chi connectivity index (χ2v) is 7.00. The third-order valence-corrected chi connectivity index (χ3v) is 4.77. The van der Waals surface area contributed by atoms with Gasteiger partial charge >= 0.3 is 0 Å². The maximum absolute atomic E-state index is 14.1. The first-order valence-electron chi connectivity index (χ1n) is 9.38. The van der Waals surface area contributed by atoms with Crippen LogP contribution in [0.25, 0.3) is 0 Å². The fourth-order valence-corrected chi connectivity index (χ4v) is 3.09. The molecule has 0 amide bonds. The van der Waals surface area contributed by atoms with Crippen LogP contribution in [0, 0.1) is 19.7 Å². The summed E-state index contributed by atoms with van der Waals surface area (Å²) in [7, 11) is 0. The van der Waals surface area contributed by atoms with E-state index in [0.29, 0.717) is 25.2 Å². The minimum absolute atomic E-state index is 0.163. The van der Waals surface area contributed by atoms with Crippen LogP contribution in [0.1, 0.15) is 22.5 Å². The highest BCUT2D eigenvalue weighted by Crippen LogP contribution is 2.21. The molecule has 1 unspecified atom stereocenters. The lowest BCUT2D eigenvalue weighted by Crippen LogP contribution is -2.35. The largest absolute Gasteiger partial charge is 0.491 e. The zero-order valence-electron chi connectivity index (χ0n) is 16.3. The third kappa shape index (κ3) is 5.44. The van der Waals surface area contributed by atoms with E-state index in [4.69, 9.17) is 9.15 Å². The van der Waals surface area contributed by atoms with E-state index < -0.39 is 6.10 Å².